The summed E-state index contributed by atoms with van der Waals surface area (Å²) < 4.78 is 13.1. The molecule has 1 N–H and O–H groups in total. The van der Waals surface area contributed by atoms with E-state index in [1.165, 1.54) is 18.2 Å². The molecule has 2 aromatic rings. The van der Waals surface area contributed by atoms with Gasteiger partial charge in [-0.15, -0.1) is 0 Å². The van der Waals surface area contributed by atoms with E-state index in [1.807, 2.05) is 11.8 Å². The third kappa shape index (κ3) is 4.42. The number of halogens is 1. The summed E-state index contributed by atoms with van der Waals surface area (Å²) >= 11 is 0. The number of rotatable bonds is 5. The van der Waals surface area contributed by atoms with Gasteiger partial charge in [0.1, 0.15) is 11.5 Å². The molecule has 2 aromatic carbocycles. The average molecular weight is 435 g/mol. The predicted molar refractivity (Wildman–Crippen MR) is 119 cm³/mol. The van der Waals surface area contributed by atoms with Crippen molar-refractivity contribution in [3.63, 3.8) is 0 Å². The van der Waals surface area contributed by atoms with Gasteiger partial charge >= 0.3 is 0 Å². The average Bonchev–Trinajstić information content (AvgIpc) is 3.08. The van der Waals surface area contributed by atoms with E-state index in [1.54, 1.807) is 36.4 Å². The minimum absolute atomic E-state index is 0.297. The predicted octanol–water partition coefficient (Wildman–Crippen LogP) is 3.81. The normalized spacial score (nSPS) is 18.0. The van der Waals surface area contributed by atoms with Gasteiger partial charge in [-0.3, -0.25) is 14.4 Å². The highest BCUT2D eigenvalue weighted by Gasteiger charge is 2.36. The van der Waals surface area contributed by atoms with Crippen molar-refractivity contribution in [2.45, 2.75) is 32.7 Å². The lowest BCUT2D eigenvalue weighted by Gasteiger charge is -2.32. The maximum absolute atomic E-state index is 13.1. The lowest BCUT2D eigenvalue weighted by molar-refractivity contribution is -0.121. The van der Waals surface area contributed by atoms with Crippen molar-refractivity contribution < 1.29 is 18.8 Å². The molecule has 0 aliphatic carbocycles. The molecule has 0 spiro atoms. The van der Waals surface area contributed by atoms with Gasteiger partial charge in [-0.05, 0) is 67.6 Å². The van der Waals surface area contributed by atoms with E-state index in [9.17, 15) is 18.8 Å². The van der Waals surface area contributed by atoms with Crippen molar-refractivity contribution in [2.24, 2.45) is 5.92 Å². The zero-order valence-electron chi connectivity index (χ0n) is 18.2. The molecule has 4 rings (SSSR count). The monoisotopic (exact) mass is 435 g/mol. The third-order valence-electron chi connectivity index (χ3n) is 6.13. The number of nitrogens with one attached hydrogen (secondary N) is 1. The van der Waals surface area contributed by atoms with Crippen LogP contribution in [0.25, 0.3) is 0 Å². The second kappa shape index (κ2) is 8.94. The largest absolute Gasteiger partial charge is 0.367 e. The number of piperidine rings is 1. The second-order valence-electron chi connectivity index (χ2n) is 8.47. The molecule has 0 aromatic heterocycles. The van der Waals surface area contributed by atoms with Gasteiger partial charge in [0.25, 0.3) is 17.7 Å². The van der Waals surface area contributed by atoms with Gasteiger partial charge in [0, 0.05) is 24.7 Å². The minimum Gasteiger partial charge on any atom is -0.367 e. The molecule has 0 bridgehead atoms. The standard InChI is InChI=1S/C25H26FN3O3/c1-16-11-13-28(14-12-16)22-15-23(30)29(25(22)32)21-9-5-19(6-10-21)24(31)27-17(2)18-3-7-20(26)8-4-18/h3-10,15-17H,11-14H2,1-2H3,(H,27,31). The van der Waals surface area contributed by atoms with Crippen molar-refractivity contribution in [2.75, 3.05) is 18.0 Å². The van der Waals surface area contributed by atoms with Crippen LogP contribution >= 0.6 is 0 Å². The highest BCUT2D eigenvalue weighted by Crippen LogP contribution is 2.28. The van der Waals surface area contributed by atoms with Gasteiger partial charge in [-0.1, -0.05) is 19.1 Å². The summed E-state index contributed by atoms with van der Waals surface area (Å²) in [5, 5.41) is 2.87. The van der Waals surface area contributed by atoms with E-state index in [0.29, 0.717) is 22.9 Å². The summed E-state index contributed by atoms with van der Waals surface area (Å²) in [7, 11) is 0. The van der Waals surface area contributed by atoms with Crippen LogP contribution in [0.1, 0.15) is 48.7 Å². The second-order valence-corrected chi connectivity index (χ2v) is 8.47. The molecule has 0 saturated carbocycles. The first-order valence-corrected chi connectivity index (χ1v) is 10.8. The van der Waals surface area contributed by atoms with Crippen LogP contribution in [-0.4, -0.2) is 35.7 Å². The van der Waals surface area contributed by atoms with Crippen LogP contribution < -0.4 is 10.2 Å². The van der Waals surface area contributed by atoms with Crippen molar-refractivity contribution >= 4 is 23.4 Å². The Balaban J connectivity index is 1.42. The Hall–Kier alpha value is -3.48. The maximum Gasteiger partial charge on any atom is 0.281 e. The molecule has 7 heteroatoms. The topological polar surface area (TPSA) is 69.7 Å². The molecule has 6 nitrogen and oxygen atoms in total. The van der Waals surface area contributed by atoms with Gasteiger partial charge in [-0.2, -0.15) is 0 Å². The van der Waals surface area contributed by atoms with Crippen LogP contribution in [0.5, 0.6) is 0 Å². The van der Waals surface area contributed by atoms with E-state index >= 15 is 0 Å². The Bertz CT molecular complexity index is 1050. The summed E-state index contributed by atoms with van der Waals surface area (Å²) in [4.78, 5) is 41.2. The number of carbonyl (C=O) groups excluding carboxylic acids is 3. The highest BCUT2D eigenvalue weighted by atomic mass is 19.1. The minimum atomic E-state index is -0.370. The van der Waals surface area contributed by atoms with Crippen LogP contribution in [0.3, 0.4) is 0 Å². The number of carbonyl (C=O) groups is 3. The summed E-state index contributed by atoms with van der Waals surface area (Å²) in [5.74, 6) is -0.702. The zero-order valence-corrected chi connectivity index (χ0v) is 18.2. The lowest BCUT2D eigenvalue weighted by atomic mass is 9.99. The molecular formula is C25H26FN3O3. The molecule has 3 amide bonds. The Kier molecular flexibility index (Phi) is 6.08. The summed E-state index contributed by atoms with van der Waals surface area (Å²) in [6.45, 7) is 5.55. The van der Waals surface area contributed by atoms with Crippen LogP contribution in [0.4, 0.5) is 10.1 Å². The molecule has 1 saturated heterocycles. The molecular weight excluding hydrogens is 409 g/mol. The molecule has 166 valence electrons. The first kappa shape index (κ1) is 21.7. The molecule has 32 heavy (non-hydrogen) atoms. The number of benzene rings is 2. The number of hydrogen-bond acceptors (Lipinski definition) is 4. The fourth-order valence-corrected chi connectivity index (χ4v) is 4.06. The molecule has 1 fully saturated rings. The van der Waals surface area contributed by atoms with Crippen LogP contribution in [0.2, 0.25) is 0 Å². The summed E-state index contributed by atoms with van der Waals surface area (Å²) in [5.41, 5.74) is 2.06. The SMILES string of the molecule is CC1CCN(C2=CC(=O)N(c3ccc(C(=O)NC(C)c4ccc(F)cc4)cc3)C2=O)CC1. The molecule has 1 atom stereocenters. The van der Waals surface area contributed by atoms with Gasteiger partial charge < -0.3 is 10.2 Å². The number of likely N-dealkylation sites (tertiary alicyclic amines) is 1. The number of hydrogen-bond donors (Lipinski definition) is 1. The van der Waals surface area contributed by atoms with Crippen molar-refractivity contribution in [3.8, 4) is 0 Å². The van der Waals surface area contributed by atoms with Gasteiger partial charge in [0.05, 0.1) is 11.7 Å². The van der Waals surface area contributed by atoms with Crippen LogP contribution in [0.15, 0.2) is 60.3 Å². The molecule has 2 heterocycles. The van der Waals surface area contributed by atoms with E-state index in [0.717, 1.165) is 36.4 Å². The molecule has 0 radical (unpaired) electrons. The lowest BCUT2D eigenvalue weighted by Crippen LogP contribution is -2.38. The molecule has 1 unspecified atom stereocenters. The molecule has 2 aliphatic heterocycles. The number of anilines is 1. The van der Waals surface area contributed by atoms with Gasteiger partial charge in [-0.25, -0.2) is 9.29 Å². The van der Waals surface area contributed by atoms with E-state index in [-0.39, 0.29) is 29.6 Å². The Labute approximate surface area is 186 Å². The summed E-state index contributed by atoms with van der Waals surface area (Å²) in [6.07, 6.45) is 3.40. The highest BCUT2D eigenvalue weighted by molar-refractivity contribution is 6.30. The Morgan fingerprint density at radius 1 is 1.03 bits per heavy atom. The van der Waals surface area contributed by atoms with Crippen molar-refractivity contribution in [1.82, 2.24) is 10.2 Å². The first-order valence-electron chi connectivity index (χ1n) is 10.8. The van der Waals surface area contributed by atoms with E-state index < -0.39 is 0 Å². The number of amides is 3. The third-order valence-corrected chi connectivity index (χ3v) is 6.13. The smallest absolute Gasteiger partial charge is 0.281 e. The summed E-state index contributed by atoms with van der Waals surface area (Å²) in [6, 6.07) is 12.0. The van der Waals surface area contributed by atoms with E-state index in [4.69, 9.17) is 0 Å². The fraction of sp³-hybridized carbons (Fsp3) is 0.320. The zero-order chi connectivity index (χ0) is 22.8. The number of nitrogens with zero attached hydrogens (tertiary/aromatic N) is 2. The van der Waals surface area contributed by atoms with Crippen LogP contribution in [0, 0.1) is 11.7 Å². The van der Waals surface area contributed by atoms with Crippen molar-refractivity contribution in [1.29, 1.82) is 0 Å². The number of imide groups is 1. The van der Waals surface area contributed by atoms with Crippen LogP contribution in [-0.2, 0) is 9.59 Å². The van der Waals surface area contributed by atoms with E-state index in [2.05, 4.69) is 12.2 Å². The molecule has 2 aliphatic rings. The quantitative estimate of drug-likeness (QED) is 0.726. The Morgan fingerprint density at radius 2 is 1.66 bits per heavy atom. The fourth-order valence-electron chi connectivity index (χ4n) is 4.06. The van der Waals surface area contributed by atoms with Gasteiger partial charge in [0.15, 0.2) is 0 Å². The maximum atomic E-state index is 13.1. The van der Waals surface area contributed by atoms with Gasteiger partial charge in [0.2, 0.25) is 0 Å². The van der Waals surface area contributed by atoms with Crippen molar-refractivity contribution in [3.05, 3.63) is 77.2 Å². The first-order chi connectivity index (χ1) is 15.3. The Morgan fingerprint density at radius 3 is 2.28 bits per heavy atom.